The minimum atomic E-state index is -0.234. The molecule has 0 aromatic carbocycles. The van der Waals surface area contributed by atoms with E-state index in [0.717, 1.165) is 12.8 Å². The lowest BCUT2D eigenvalue weighted by Crippen LogP contribution is -2.37. The zero-order valence-electron chi connectivity index (χ0n) is 11.6. The maximum absolute atomic E-state index is 11.4. The first-order chi connectivity index (χ1) is 7.86. The lowest BCUT2D eigenvalue weighted by atomic mass is 9.67. The highest BCUT2D eigenvalue weighted by atomic mass is 16.5. The van der Waals surface area contributed by atoms with E-state index in [4.69, 9.17) is 4.74 Å². The molecule has 2 atom stereocenters. The highest BCUT2D eigenvalue weighted by Gasteiger charge is 2.36. The summed E-state index contributed by atoms with van der Waals surface area (Å²) in [5.41, 5.74) is 1.65. The number of hydrogen-bond donors (Lipinski definition) is 0. The lowest BCUT2D eigenvalue weighted by molar-refractivity contribution is -0.147. The van der Waals surface area contributed by atoms with Crippen molar-refractivity contribution in [2.24, 2.45) is 11.3 Å². The van der Waals surface area contributed by atoms with Crippen LogP contribution in [0.25, 0.3) is 0 Å². The molecule has 0 saturated carbocycles. The van der Waals surface area contributed by atoms with Gasteiger partial charge in [0, 0.05) is 12.0 Å². The molecule has 17 heavy (non-hydrogen) atoms. The number of hydrogen-bond acceptors (Lipinski definition) is 2. The van der Waals surface area contributed by atoms with Gasteiger partial charge in [-0.05, 0) is 39.0 Å². The summed E-state index contributed by atoms with van der Waals surface area (Å²) in [5.74, 6) is 0.169. The van der Waals surface area contributed by atoms with Crippen molar-refractivity contribution < 1.29 is 9.53 Å². The molecule has 2 heteroatoms. The third-order valence-corrected chi connectivity index (χ3v) is 3.63. The maximum Gasteiger partial charge on any atom is 0.330 e. The van der Waals surface area contributed by atoms with E-state index < -0.39 is 0 Å². The Morgan fingerprint density at radius 2 is 2.24 bits per heavy atom. The molecular weight excluding hydrogens is 212 g/mol. The molecule has 0 heterocycles. The second kappa shape index (κ2) is 5.52. The number of rotatable bonds is 3. The van der Waals surface area contributed by atoms with Crippen LogP contribution in [0.2, 0.25) is 0 Å². The Morgan fingerprint density at radius 3 is 2.76 bits per heavy atom. The van der Waals surface area contributed by atoms with Crippen LogP contribution in [0.15, 0.2) is 23.8 Å². The molecule has 1 aliphatic rings. The van der Waals surface area contributed by atoms with Crippen LogP contribution in [0.1, 0.15) is 47.5 Å². The van der Waals surface area contributed by atoms with Crippen LogP contribution < -0.4 is 0 Å². The van der Waals surface area contributed by atoms with Gasteiger partial charge in [-0.15, -0.1) is 0 Å². The topological polar surface area (TPSA) is 26.3 Å². The SMILES string of the molecule is C/C=C/C(=O)OC(C)C1CC=C(C)CC1(C)C. The molecule has 0 bridgehead atoms. The van der Waals surface area contributed by atoms with Gasteiger partial charge in [-0.1, -0.05) is 31.6 Å². The van der Waals surface area contributed by atoms with E-state index in [1.54, 1.807) is 6.08 Å². The predicted molar refractivity (Wildman–Crippen MR) is 70.6 cm³/mol. The Labute approximate surface area is 105 Å². The van der Waals surface area contributed by atoms with Crippen LogP contribution in [0.5, 0.6) is 0 Å². The first-order valence-electron chi connectivity index (χ1n) is 6.35. The average molecular weight is 236 g/mol. The Hall–Kier alpha value is -1.05. The molecule has 0 fully saturated rings. The Balaban J connectivity index is 2.69. The van der Waals surface area contributed by atoms with E-state index in [-0.39, 0.29) is 17.5 Å². The summed E-state index contributed by atoms with van der Waals surface area (Å²) in [6.45, 7) is 10.5. The summed E-state index contributed by atoms with van der Waals surface area (Å²) in [6, 6.07) is 0. The van der Waals surface area contributed by atoms with Gasteiger partial charge in [-0.25, -0.2) is 4.79 Å². The highest BCUT2D eigenvalue weighted by Crippen LogP contribution is 2.42. The molecular formula is C15H24O2. The van der Waals surface area contributed by atoms with Crippen molar-refractivity contribution >= 4 is 5.97 Å². The van der Waals surface area contributed by atoms with Crippen LogP contribution in [-0.4, -0.2) is 12.1 Å². The van der Waals surface area contributed by atoms with Crippen LogP contribution >= 0.6 is 0 Å². The summed E-state index contributed by atoms with van der Waals surface area (Å²) < 4.78 is 5.45. The van der Waals surface area contributed by atoms with Gasteiger partial charge in [0.1, 0.15) is 6.10 Å². The number of allylic oxidation sites excluding steroid dienone is 3. The van der Waals surface area contributed by atoms with Crippen LogP contribution in [0, 0.1) is 11.3 Å². The van der Waals surface area contributed by atoms with Crippen LogP contribution in [0.4, 0.5) is 0 Å². The second-order valence-corrected chi connectivity index (χ2v) is 5.70. The molecule has 1 aliphatic carbocycles. The summed E-state index contributed by atoms with van der Waals surface area (Å²) in [6.07, 6.45) is 7.53. The van der Waals surface area contributed by atoms with Crippen molar-refractivity contribution in [3.63, 3.8) is 0 Å². The minimum Gasteiger partial charge on any atom is -0.459 e. The summed E-state index contributed by atoms with van der Waals surface area (Å²) >= 11 is 0. The molecule has 0 amide bonds. The minimum absolute atomic E-state index is 0.0296. The largest absolute Gasteiger partial charge is 0.459 e. The van der Waals surface area contributed by atoms with E-state index in [2.05, 4.69) is 26.8 Å². The number of ether oxygens (including phenoxy) is 1. The molecule has 0 spiro atoms. The Morgan fingerprint density at radius 1 is 1.59 bits per heavy atom. The molecule has 2 nitrogen and oxygen atoms in total. The van der Waals surface area contributed by atoms with Gasteiger partial charge < -0.3 is 4.74 Å². The summed E-state index contributed by atoms with van der Waals surface area (Å²) in [5, 5.41) is 0. The maximum atomic E-state index is 11.4. The predicted octanol–water partition coefficient (Wildman–Crippen LogP) is 3.88. The number of carbonyl (C=O) groups excluding carboxylic acids is 1. The van der Waals surface area contributed by atoms with Gasteiger partial charge in [0.15, 0.2) is 0 Å². The Bertz CT molecular complexity index is 337. The molecule has 1 rings (SSSR count). The average Bonchev–Trinajstić information content (AvgIpc) is 2.15. The van der Waals surface area contributed by atoms with E-state index in [9.17, 15) is 4.79 Å². The fourth-order valence-corrected chi connectivity index (χ4v) is 2.84. The van der Waals surface area contributed by atoms with Crippen LogP contribution in [-0.2, 0) is 9.53 Å². The molecule has 0 aromatic rings. The zero-order valence-corrected chi connectivity index (χ0v) is 11.6. The van der Waals surface area contributed by atoms with E-state index in [1.807, 2.05) is 13.8 Å². The van der Waals surface area contributed by atoms with E-state index >= 15 is 0 Å². The van der Waals surface area contributed by atoms with Crippen molar-refractivity contribution in [2.45, 2.75) is 53.6 Å². The van der Waals surface area contributed by atoms with Gasteiger partial charge in [0.25, 0.3) is 0 Å². The first kappa shape index (κ1) is 14.0. The highest BCUT2D eigenvalue weighted by molar-refractivity contribution is 5.81. The van der Waals surface area contributed by atoms with Crippen LogP contribution in [0.3, 0.4) is 0 Å². The van der Waals surface area contributed by atoms with Gasteiger partial charge in [0.05, 0.1) is 0 Å². The van der Waals surface area contributed by atoms with Crippen molar-refractivity contribution in [1.82, 2.24) is 0 Å². The van der Waals surface area contributed by atoms with Gasteiger partial charge >= 0.3 is 5.97 Å². The summed E-state index contributed by atoms with van der Waals surface area (Å²) in [4.78, 5) is 11.4. The quantitative estimate of drug-likeness (QED) is 0.422. The molecule has 0 aliphatic heterocycles. The lowest BCUT2D eigenvalue weighted by Gasteiger charge is -2.40. The molecule has 0 aromatic heterocycles. The van der Waals surface area contributed by atoms with Gasteiger partial charge in [-0.3, -0.25) is 0 Å². The monoisotopic (exact) mass is 236 g/mol. The molecule has 96 valence electrons. The number of carbonyl (C=O) groups is 1. The first-order valence-corrected chi connectivity index (χ1v) is 6.35. The molecule has 0 radical (unpaired) electrons. The van der Waals surface area contributed by atoms with Crippen molar-refractivity contribution in [1.29, 1.82) is 0 Å². The third kappa shape index (κ3) is 3.72. The molecule has 0 saturated heterocycles. The number of esters is 1. The third-order valence-electron chi connectivity index (χ3n) is 3.63. The van der Waals surface area contributed by atoms with Crippen molar-refractivity contribution in [2.75, 3.05) is 0 Å². The van der Waals surface area contributed by atoms with Crippen molar-refractivity contribution in [3.05, 3.63) is 23.8 Å². The smallest absolute Gasteiger partial charge is 0.330 e. The standard InChI is InChI=1S/C15H24O2/c1-6-7-14(16)17-12(3)13-9-8-11(2)10-15(13,4)5/h6-8,12-13H,9-10H2,1-5H3/b7-6+. The molecule has 0 N–H and O–H groups in total. The zero-order chi connectivity index (χ0) is 13.1. The summed E-state index contributed by atoms with van der Waals surface area (Å²) in [7, 11) is 0. The van der Waals surface area contributed by atoms with Crippen molar-refractivity contribution in [3.8, 4) is 0 Å². The van der Waals surface area contributed by atoms with Gasteiger partial charge in [0.2, 0.25) is 0 Å². The van der Waals surface area contributed by atoms with Gasteiger partial charge in [-0.2, -0.15) is 0 Å². The Kier molecular flexibility index (Phi) is 4.55. The fraction of sp³-hybridized carbons (Fsp3) is 0.667. The fourth-order valence-electron chi connectivity index (χ4n) is 2.84. The second-order valence-electron chi connectivity index (χ2n) is 5.70. The normalized spacial score (nSPS) is 25.5. The molecule has 2 unspecified atom stereocenters. The van der Waals surface area contributed by atoms with E-state index in [1.165, 1.54) is 11.6 Å². The van der Waals surface area contributed by atoms with E-state index in [0.29, 0.717) is 5.92 Å².